The quantitative estimate of drug-likeness (QED) is 0.625. The van der Waals surface area contributed by atoms with Gasteiger partial charge in [-0.15, -0.1) is 0 Å². The maximum atomic E-state index is 11.1. The number of hydrogen-bond donors (Lipinski definition) is 0. The molecule has 0 aliphatic carbocycles. The highest BCUT2D eigenvalue weighted by Crippen LogP contribution is 2.12. The Morgan fingerprint density at radius 3 is 2.55 bits per heavy atom. The first-order valence-electron chi connectivity index (χ1n) is 3.41. The third kappa shape index (κ3) is 1.29. The van der Waals surface area contributed by atoms with Crippen molar-refractivity contribution >= 4 is 5.78 Å². The molecule has 11 heavy (non-hydrogen) atoms. The smallest absolute Gasteiger partial charge is 0.156 e. The van der Waals surface area contributed by atoms with Gasteiger partial charge in [0.05, 0.1) is 0 Å². The number of rotatable bonds is 2. The fourth-order valence-electron chi connectivity index (χ4n) is 0.658. The number of nitrogens with zero attached hydrogens (tertiary/aromatic N) is 3. The van der Waals surface area contributed by atoms with Gasteiger partial charge in [0.15, 0.2) is 5.78 Å². The van der Waals surface area contributed by atoms with Crippen LogP contribution < -0.4 is 0 Å². The molecule has 1 aromatic rings. The zero-order chi connectivity index (χ0) is 8.48. The summed E-state index contributed by atoms with van der Waals surface area (Å²) < 4.78 is 1.55. The number of hydrogen-bond acceptors (Lipinski definition) is 3. The van der Waals surface area contributed by atoms with Crippen LogP contribution in [0.3, 0.4) is 0 Å². The van der Waals surface area contributed by atoms with Crippen LogP contribution in [0.1, 0.15) is 20.8 Å². The van der Waals surface area contributed by atoms with Crippen molar-refractivity contribution in [1.29, 1.82) is 0 Å². The van der Waals surface area contributed by atoms with E-state index in [-0.39, 0.29) is 5.78 Å². The summed E-state index contributed by atoms with van der Waals surface area (Å²) in [7, 11) is 0. The standard InChI is InChI=1S/C7H11N3O/c1-6(11)7(2,3)10-5-8-4-9-10/h4-5H,1-3H3. The minimum atomic E-state index is -0.573. The summed E-state index contributed by atoms with van der Waals surface area (Å²) in [6, 6.07) is 0. The van der Waals surface area contributed by atoms with Crippen LogP contribution in [0, 0.1) is 0 Å². The summed E-state index contributed by atoms with van der Waals surface area (Å²) in [6.45, 7) is 5.16. The largest absolute Gasteiger partial charge is 0.297 e. The molecule has 0 spiro atoms. The lowest BCUT2D eigenvalue weighted by Gasteiger charge is -2.20. The molecule has 0 N–H and O–H groups in total. The predicted octanol–water partition coefficient (Wildman–Crippen LogP) is 0.602. The summed E-state index contributed by atoms with van der Waals surface area (Å²) >= 11 is 0. The maximum absolute atomic E-state index is 11.1. The van der Waals surface area contributed by atoms with Crippen LogP contribution in [-0.4, -0.2) is 20.5 Å². The summed E-state index contributed by atoms with van der Waals surface area (Å²) in [5.74, 6) is 0.0722. The molecule has 1 rings (SSSR count). The molecule has 1 aromatic heterocycles. The Bertz CT molecular complexity index is 251. The Morgan fingerprint density at radius 1 is 1.55 bits per heavy atom. The lowest BCUT2D eigenvalue weighted by Crippen LogP contribution is -2.34. The second kappa shape index (κ2) is 2.45. The van der Waals surface area contributed by atoms with Crippen molar-refractivity contribution < 1.29 is 4.79 Å². The minimum Gasteiger partial charge on any atom is -0.297 e. The molecule has 4 nitrogen and oxygen atoms in total. The van der Waals surface area contributed by atoms with Crippen LogP contribution in [0.25, 0.3) is 0 Å². The number of aromatic nitrogens is 3. The normalized spacial score (nSPS) is 11.5. The van der Waals surface area contributed by atoms with Crippen LogP contribution in [0.4, 0.5) is 0 Å². The summed E-state index contributed by atoms with van der Waals surface area (Å²) in [5.41, 5.74) is -0.573. The first-order chi connectivity index (χ1) is 5.05. The van der Waals surface area contributed by atoms with Gasteiger partial charge < -0.3 is 0 Å². The Hall–Kier alpha value is -1.19. The van der Waals surface area contributed by atoms with Gasteiger partial charge in [-0.05, 0) is 20.8 Å². The van der Waals surface area contributed by atoms with Gasteiger partial charge in [-0.2, -0.15) is 5.10 Å². The average Bonchev–Trinajstić information content (AvgIpc) is 2.37. The first kappa shape index (κ1) is 7.91. The van der Waals surface area contributed by atoms with E-state index in [2.05, 4.69) is 10.1 Å². The molecular weight excluding hydrogens is 142 g/mol. The van der Waals surface area contributed by atoms with Crippen LogP contribution in [0.15, 0.2) is 12.7 Å². The number of Topliss-reactive ketones (excluding diaryl/α,β-unsaturated/α-hetero) is 1. The average molecular weight is 153 g/mol. The van der Waals surface area contributed by atoms with Crippen LogP contribution in [0.2, 0.25) is 0 Å². The second-order valence-corrected chi connectivity index (χ2v) is 2.96. The second-order valence-electron chi connectivity index (χ2n) is 2.96. The van der Waals surface area contributed by atoms with Crippen LogP contribution in [-0.2, 0) is 10.3 Å². The molecule has 0 aliphatic rings. The molecule has 1 heterocycles. The fourth-order valence-corrected chi connectivity index (χ4v) is 0.658. The summed E-state index contributed by atoms with van der Waals surface area (Å²) in [4.78, 5) is 14.8. The monoisotopic (exact) mass is 153 g/mol. The molecule has 0 unspecified atom stereocenters. The molecule has 0 atom stereocenters. The zero-order valence-corrected chi connectivity index (χ0v) is 6.90. The molecule has 0 amide bonds. The first-order valence-corrected chi connectivity index (χ1v) is 3.41. The molecule has 0 aromatic carbocycles. The topological polar surface area (TPSA) is 47.8 Å². The Morgan fingerprint density at radius 2 is 2.18 bits per heavy atom. The summed E-state index contributed by atoms with van der Waals surface area (Å²) in [6.07, 6.45) is 2.96. The van der Waals surface area contributed by atoms with E-state index in [9.17, 15) is 4.79 Å². The molecule has 0 fully saturated rings. The number of carbonyl (C=O) groups is 1. The van der Waals surface area contributed by atoms with Gasteiger partial charge in [0.25, 0.3) is 0 Å². The predicted molar refractivity (Wildman–Crippen MR) is 40.0 cm³/mol. The van der Waals surface area contributed by atoms with Crippen molar-refractivity contribution in [3.8, 4) is 0 Å². The van der Waals surface area contributed by atoms with Crippen molar-refractivity contribution in [3.05, 3.63) is 12.7 Å². The van der Waals surface area contributed by atoms with Gasteiger partial charge in [0.1, 0.15) is 18.2 Å². The van der Waals surface area contributed by atoms with E-state index in [1.165, 1.54) is 6.33 Å². The number of carbonyl (C=O) groups excluding carboxylic acids is 1. The molecule has 0 radical (unpaired) electrons. The van der Waals surface area contributed by atoms with Crippen LogP contribution >= 0.6 is 0 Å². The fraction of sp³-hybridized carbons (Fsp3) is 0.571. The SMILES string of the molecule is CC(=O)C(C)(C)n1cncn1. The van der Waals surface area contributed by atoms with Gasteiger partial charge in [0.2, 0.25) is 0 Å². The molecular formula is C7H11N3O. The van der Waals surface area contributed by atoms with E-state index in [4.69, 9.17) is 0 Å². The van der Waals surface area contributed by atoms with Gasteiger partial charge in [-0.3, -0.25) is 4.79 Å². The molecule has 0 aliphatic heterocycles. The molecule has 0 saturated carbocycles. The third-order valence-electron chi connectivity index (χ3n) is 1.85. The van der Waals surface area contributed by atoms with Crippen molar-refractivity contribution in [1.82, 2.24) is 14.8 Å². The van der Waals surface area contributed by atoms with E-state index >= 15 is 0 Å². The molecule has 60 valence electrons. The van der Waals surface area contributed by atoms with E-state index in [1.807, 2.05) is 13.8 Å². The number of ketones is 1. The van der Waals surface area contributed by atoms with Crippen molar-refractivity contribution in [2.75, 3.05) is 0 Å². The Balaban J connectivity index is 3.00. The Labute approximate surface area is 65.2 Å². The lowest BCUT2D eigenvalue weighted by atomic mass is 10.0. The maximum Gasteiger partial charge on any atom is 0.156 e. The lowest BCUT2D eigenvalue weighted by molar-refractivity contribution is -0.124. The van der Waals surface area contributed by atoms with Gasteiger partial charge in [0, 0.05) is 0 Å². The van der Waals surface area contributed by atoms with Crippen molar-refractivity contribution in [2.45, 2.75) is 26.3 Å². The van der Waals surface area contributed by atoms with Gasteiger partial charge in [-0.25, -0.2) is 9.67 Å². The Kier molecular flexibility index (Phi) is 1.76. The molecule has 0 bridgehead atoms. The summed E-state index contributed by atoms with van der Waals surface area (Å²) in [5, 5.41) is 3.89. The third-order valence-corrected chi connectivity index (χ3v) is 1.85. The molecule has 0 saturated heterocycles. The molecule has 4 heteroatoms. The van der Waals surface area contributed by atoms with Gasteiger partial charge >= 0.3 is 0 Å². The highest BCUT2D eigenvalue weighted by atomic mass is 16.1. The van der Waals surface area contributed by atoms with E-state index < -0.39 is 5.54 Å². The van der Waals surface area contributed by atoms with E-state index in [0.717, 1.165) is 0 Å². The van der Waals surface area contributed by atoms with Gasteiger partial charge in [-0.1, -0.05) is 0 Å². The minimum absolute atomic E-state index is 0.0722. The highest BCUT2D eigenvalue weighted by molar-refractivity contribution is 5.83. The van der Waals surface area contributed by atoms with Crippen molar-refractivity contribution in [3.63, 3.8) is 0 Å². The highest BCUT2D eigenvalue weighted by Gasteiger charge is 2.25. The van der Waals surface area contributed by atoms with E-state index in [1.54, 1.807) is 17.9 Å². The zero-order valence-electron chi connectivity index (χ0n) is 6.90. The van der Waals surface area contributed by atoms with Crippen LogP contribution in [0.5, 0.6) is 0 Å². The van der Waals surface area contributed by atoms with Crippen molar-refractivity contribution in [2.24, 2.45) is 0 Å². The van der Waals surface area contributed by atoms with E-state index in [0.29, 0.717) is 0 Å².